The van der Waals surface area contributed by atoms with Crippen molar-refractivity contribution in [1.29, 1.82) is 0 Å². The van der Waals surface area contributed by atoms with Gasteiger partial charge in [-0.25, -0.2) is 9.79 Å². The van der Waals surface area contributed by atoms with E-state index in [1.165, 1.54) is 18.9 Å². The number of amidine groups is 1. The van der Waals surface area contributed by atoms with E-state index in [0.717, 1.165) is 33.3 Å². The smallest absolute Gasteiger partial charge is 0.338 e. The number of thioether (sulfide) groups is 1. The molecule has 0 N–H and O–H groups in total. The number of esters is 1. The van der Waals surface area contributed by atoms with Gasteiger partial charge in [-0.15, -0.1) is 0 Å². The Morgan fingerprint density at radius 3 is 2.66 bits per heavy atom. The first-order valence-electron chi connectivity index (χ1n) is 10.9. The number of morpholine rings is 1. The molecular formula is C24H29N3O4S. The van der Waals surface area contributed by atoms with Gasteiger partial charge in [0.2, 0.25) is 5.91 Å². The van der Waals surface area contributed by atoms with E-state index in [9.17, 15) is 9.59 Å². The summed E-state index contributed by atoms with van der Waals surface area (Å²) in [5.41, 5.74) is 5.38. The lowest BCUT2D eigenvalue weighted by molar-refractivity contribution is -0.136. The standard InChI is InChI=1S/C24H29N3O4S/c1-5-19-21(23(29)30-4)22(18-7-6-15(2)12-16(18)3)27-17(14-32-24(27)25-19)13-20(28)26-8-10-31-11-9-26/h6-7,12,14,22H,5,8-11,13H2,1-4H3. The van der Waals surface area contributed by atoms with E-state index in [-0.39, 0.29) is 24.3 Å². The molecule has 1 fully saturated rings. The molecule has 0 aliphatic carbocycles. The fourth-order valence-corrected chi connectivity index (χ4v) is 5.36. The van der Waals surface area contributed by atoms with Gasteiger partial charge >= 0.3 is 5.97 Å². The second-order valence-corrected chi connectivity index (χ2v) is 8.97. The monoisotopic (exact) mass is 455 g/mol. The van der Waals surface area contributed by atoms with Gasteiger partial charge in [-0.2, -0.15) is 0 Å². The van der Waals surface area contributed by atoms with Crippen molar-refractivity contribution >= 4 is 28.8 Å². The minimum atomic E-state index is -0.385. The third-order valence-corrected chi connectivity index (χ3v) is 6.93. The molecule has 7 nitrogen and oxygen atoms in total. The molecule has 1 unspecified atom stereocenters. The maximum atomic E-state index is 13.0. The van der Waals surface area contributed by atoms with Gasteiger partial charge < -0.3 is 19.3 Å². The maximum Gasteiger partial charge on any atom is 0.338 e. The van der Waals surface area contributed by atoms with Crippen LogP contribution in [0.25, 0.3) is 0 Å². The predicted molar refractivity (Wildman–Crippen MR) is 125 cm³/mol. The Hall–Kier alpha value is -2.58. The Balaban J connectivity index is 1.75. The number of carbonyl (C=O) groups excluding carboxylic acids is 2. The van der Waals surface area contributed by atoms with Crippen molar-refractivity contribution in [2.45, 2.75) is 39.7 Å². The number of hydrogen-bond donors (Lipinski definition) is 0. The lowest BCUT2D eigenvalue weighted by Gasteiger charge is -2.37. The van der Waals surface area contributed by atoms with Crippen LogP contribution in [0.2, 0.25) is 0 Å². The Kier molecular flexibility index (Phi) is 6.71. The summed E-state index contributed by atoms with van der Waals surface area (Å²) in [4.78, 5) is 34.7. The second kappa shape index (κ2) is 9.50. The summed E-state index contributed by atoms with van der Waals surface area (Å²) in [6.45, 7) is 8.44. The fourth-order valence-electron chi connectivity index (χ4n) is 4.42. The number of nitrogens with zero attached hydrogens (tertiary/aromatic N) is 3. The summed E-state index contributed by atoms with van der Waals surface area (Å²) in [5.74, 6) is -0.323. The quantitative estimate of drug-likeness (QED) is 0.631. The number of benzene rings is 1. The molecule has 0 radical (unpaired) electrons. The van der Waals surface area contributed by atoms with Crippen LogP contribution in [0.1, 0.15) is 42.5 Å². The zero-order valence-electron chi connectivity index (χ0n) is 19.0. The van der Waals surface area contributed by atoms with Crippen LogP contribution in [-0.2, 0) is 19.1 Å². The first-order chi connectivity index (χ1) is 15.4. The SMILES string of the molecule is CCC1=C(C(=O)OC)C(c2ccc(C)cc2C)N2C(CC(=O)N3CCOCC3)=CSC2=N1. The fraction of sp³-hybridized carbons (Fsp3) is 0.458. The highest BCUT2D eigenvalue weighted by Gasteiger charge is 2.42. The number of methoxy groups -OCH3 is 1. The van der Waals surface area contributed by atoms with Crippen molar-refractivity contribution in [3.63, 3.8) is 0 Å². The molecule has 0 spiro atoms. The summed E-state index contributed by atoms with van der Waals surface area (Å²) in [6.07, 6.45) is 0.870. The Labute approximate surface area is 193 Å². The largest absolute Gasteiger partial charge is 0.466 e. The molecule has 170 valence electrons. The highest BCUT2D eigenvalue weighted by molar-refractivity contribution is 8.16. The number of rotatable bonds is 5. The number of aryl methyl sites for hydroxylation is 2. The van der Waals surface area contributed by atoms with Crippen LogP contribution in [0.15, 0.2) is 45.6 Å². The Morgan fingerprint density at radius 2 is 2.00 bits per heavy atom. The van der Waals surface area contributed by atoms with Gasteiger partial charge in [-0.1, -0.05) is 42.4 Å². The zero-order chi connectivity index (χ0) is 22.8. The van der Waals surface area contributed by atoms with Crippen molar-refractivity contribution in [1.82, 2.24) is 9.80 Å². The summed E-state index contributed by atoms with van der Waals surface area (Å²) in [7, 11) is 1.40. The van der Waals surface area contributed by atoms with E-state index in [1.54, 1.807) is 0 Å². The van der Waals surface area contributed by atoms with Crippen LogP contribution in [-0.4, -0.2) is 60.3 Å². The van der Waals surface area contributed by atoms with Gasteiger partial charge in [0.05, 0.1) is 44.1 Å². The number of ether oxygens (including phenoxy) is 2. The van der Waals surface area contributed by atoms with E-state index < -0.39 is 0 Å². The van der Waals surface area contributed by atoms with Crippen molar-refractivity contribution < 1.29 is 19.1 Å². The van der Waals surface area contributed by atoms with Crippen LogP contribution in [0.4, 0.5) is 0 Å². The van der Waals surface area contributed by atoms with Gasteiger partial charge in [0, 0.05) is 18.8 Å². The maximum absolute atomic E-state index is 13.0. The molecule has 32 heavy (non-hydrogen) atoms. The van der Waals surface area contributed by atoms with Crippen LogP contribution in [0, 0.1) is 13.8 Å². The van der Waals surface area contributed by atoms with Crippen LogP contribution < -0.4 is 0 Å². The highest BCUT2D eigenvalue weighted by Crippen LogP contribution is 2.46. The van der Waals surface area contributed by atoms with Gasteiger partial charge in [0.1, 0.15) is 0 Å². The van der Waals surface area contributed by atoms with E-state index in [0.29, 0.717) is 38.3 Å². The number of allylic oxidation sites excluding steroid dienone is 1. The van der Waals surface area contributed by atoms with E-state index >= 15 is 0 Å². The molecule has 4 rings (SSSR count). The Morgan fingerprint density at radius 1 is 1.25 bits per heavy atom. The highest BCUT2D eigenvalue weighted by atomic mass is 32.2. The first-order valence-corrected chi connectivity index (χ1v) is 11.8. The minimum Gasteiger partial charge on any atom is -0.466 e. The molecule has 1 amide bonds. The lowest BCUT2D eigenvalue weighted by atomic mass is 9.89. The number of hydrogen-bond acceptors (Lipinski definition) is 7. The summed E-state index contributed by atoms with van der Waals surface area (Å²) in [5, 5.41) is 2.78. The topological polar surface area (TPSA) is 71.4 Å². The molecule has 1 aromatic carbocycles. The third kappa shape index (κ3) is 4.21. The number of fused-ring (bicyclic) bond motifs is 1. The van der Waals surface area contributed by atoms with E-state index in [1.807, 2.05) is 22.1 Å². The molecular weight excluding hydrogens is 426 g/mol. The van der Waals surface area contributed by atoms with Crippen molar-refractivity contribution in [2.75, 3.05) is 33.4 Å². The van der Waals surface area contributed by atoms with E-state index in [4.69, 9.17) is 14.5 Å². The van der Waals surface area contributed by atoms with Crippen molar-refractivity contribution in [2.24, 2.45) is 4.99 Å². The average molecular weight is 456 g/mol. The van der Waals surface area contributed by atoms with Gasteiger partial charge in [-0.3, -0.25) is 4.79 Å². The molecule has 1 aromatic rings. The second-order valence-electron chi connectivity index (χ2n) is 8.13. The van der Waals surface area contributed by atoms with Crippen molar-refractivity contribution in [3.05, 3.63) is 57.3 Å². The normalized spacial score (nSPS) is 20.7. The number of carbonyl (C=O) groups is 2. The molecule has 3 aliphatic heterocycles. The summed E-state index contributed by atoms with van der Waals surface area (Å²) >= 11 is 1.50. The van der Waals surface area contributed by atoms with Gasteiger partial charge in [0.25, 0.3) is 0 Å². The Bertz CT molecular complexity index is 1020. The van der Waals surface area contributed by atoms with E-state index in [2.05, 4.69) is 32.0 Å². The van der Waals surface area contributed by atoms with Crippen LogP contribution >= 0.6 is 11.8 Å². The molecule has 8 heteroatoms. The predicted octanol–water partition coefficient (Wildman–Crippen LogP) is 3.69. The molecule has 1 saturated heterocycles. The number of amides is 1. The first kappa shape index (κ1) is 22.6. The molecule has 3 heterocycles. The molecule has 0 aromatic heterocycles. The molecule has 0 bridgehead atoms. The summed E-state index contributed by atoms with van der Waals surface area (Å²) < 4.78 is 10.6. The van der Waals surface area contributed by atoms with Crippen LogP contribution in [0.5, 0.6) is 0 Å². The van der Waals surface area contributed by atoms with Gasteiger partial charge in [0.15, 0.2) is 5.17 Å². The van der Waals surface area contributed by atoms with Crippen LogP contribution in [0.3, 0.4) is 0 Å². The average Bonchev–Trinajstić information content (AvgIpc) is 3.20. The molecule has 1 atom stereocenters. The minimum absolute atomic E-state index is 0.0608. The number of aliphatic imine (C=N–C) groups is 1. The van der Waals surface area contributed by atoms with Crippen molar-refractivity contribution in [3.8, 4) is 0 Å². The zero-order valence-corrected chi connectivity index (χ0v) is 19.8. The molecule has 3 aliphatic rings. The third-order valence-electron chi connectivity index (χ3n) is 6.05. The molecule has 0 saturated carbocycles. The van der Waals surface area contributed by atoms with Gasteiger partial charge in [-0.05, 0) is 36.8 Å². The lowest BCUT2D eigenvalue weighted by Crippen LogP contribution is -2.42. The summed E-state index contributed by atoms with van der Waals surface area (Å²) in [6, 6.07) is 5.86.